The molecule has 0 unspecified atom stereocenters. The van der Waals surface area contributed by atoms with Gasteiger partial charge in [0.2, 0.25) is 12.8 Å². The SMILES string of the molecule is O=CNC1CCC(CCN2CCc3ccc(CCC(F)F)nc3CC2)CC1. The molecule has 6 heteroatoms. The summed E-state index contributed by atoms with van der Waals surface area (Å²) >= 11 is 0. The maximum atomic E-state index is 12.4. The van der Waals surface area contributed by atoms with Crippen LogP contribution >= 0.6 is 0 Å². The number of hydrogen-bond acceptors (Lipinski definition) is 3. The second kappa shape index (κ2) is 10.1. The first-order chi connectivity index (χ1) is 13.1. The Bertz CT molecular complexity index is 603. The van der Waals surface area contributed by atoms with Crippen molar-refractivity contribution >= 4 is 6.41 Å². The molecule has 0 spiro atoms. The van der Waals surface area contributed by atoms with E-state index in [1.165, 1.54) is 24.8 Å². The summed E-state index contributed by atoms with van der Waals surface area (Å²) in [4.78, 5) is 17.7. The molecule has 0 atom stereocenters. The number of amides is 1. The first kappa shape index (κ1) is 20.2. The Morgan fingerprint density at radius 1 is 1.19 bits per heavy atom. The lowest BCUT2D eigenvalue weighted by molar-refractivity contribution is -0.110. The number of aromatic nitrogens is 1. The van der Waals surface area contributed by atoms with Crippen molar-refractivity contribution < 1.29 is 13.6 Å². The van der Waals surface area contributed by atoms with Gasteiger partial charge in [0.1, 0.15) is 0 Å². The molecule has 1 aromatic heterocycles. The highest BCUT2D eigenvalue weighted by Crippen LogP contribution is 2.27. The van der Waals surface area contributed by atoms with Crippen LogP contribution in [0.25, 0.3) is 0 Å². The van der Waals surface area contributed by atoms with E-state index in [2.05, 4.69) is 21.3 Å². The third-order valence-corrected chi connectivity index (χ3v) is 6.11. The Morgan fingerprint density at radius 2 is 1.96 bits per heavy atom. The van der Waals surface area contributed by atoms with Gasteiger partial charge in [-0.1, -0.05) is 6.07 Å². The van der Waals surface area contributed by atoms with E-state index >= 15 is 0 Å². The van der Waals surface area contributed by atoms with E-state index in [-0.39, 0.29) is 6.42 Å². The van der Waals surface area contributed by atoms with Crippen LogP contribution in [0.5, 0.6) is 0 Å². The van der Waals surface area contributed by atoms with Crippen LogP contribution in [0.1, 0.15) is 55.5 Å². The maximum Gasteiger partial charge on any atom is 0.239 e. The molecule has 1 N–H and O–H groups in total. The van der Waals surface area contributed by atoms with Crippen molar-refractivity contribution in [2.45, 2.75) is 70.3 Å². The lowest BCUT2D eigenvalue weighted by Crippen LogP contribution is -2.34. The summed E-state index contributed by atoms with van der Waals surface area (Å²) in [5, 5.41) is 2.91. The molecule has 0 bridgehead atoms. The fourth-order valence-electron chi connectivity index (χ4n) is 4.37. The van der Waals surface area contributed by atoms with Crippen LogP contribution in [0.4, 0.5) is 8.78 Å². The lowest BCUT2D eigenvalue weighted by Gasteiger charge is -2.30. The van der Waals surface area contributed by atoms with Crippen LogP contribution in [0.15, 0.2) is 12.1 Å². The number of halogens is 2. The Hall–Kier alpha value is -1.56. The van der Waals surface area contributed by atoms with Gasteiger partial charge in [0, 0.05) is 43.4 Å². The predicted octanol–water partition coefficient (Wildman–Crippen LogP) is 3.37. The molecule has 0 saturated heterocycles. The zero-order valence-electron chi connectivity index (χ0n) is 16.0. The second-order valence-electron chi connectivity index (χ2n) is 7.97. The molecule has 150 valence electrons. The van der Waals surface area contributed by atoms with E-state index in [1.54, 1.807) is 0 Å². The third-order valence-electron chi connectivity index (χ3n) is 6.11. The van der Waals surface area contributed by atoms with Gasteiger partial charge < -0.3 is 10.2 Å². The first-order valence-electron chi connectivity index (χ1n) is 10.3. The van der Waals surface area contributed by atoms with E-state index < -0.39 is 6.43 Å². The molecular formula is C21H31F2N3O. The summed E-state index contributed by atoms with van der Waals surface area (Å²) in [6.07, 6.45) is 6.54. The molecule has 2 heterocycles. The number of nitrogens with one attached hydrogen (secondary N) is 1. The summed E-state index contributed by atoms with van der Waals surface area (Å²) in [5.74, 6) is 0.763. The minimum atomic E-state index is -2.26. The molecular weight excluding hydrogens is 348 g/mol. The standard InChI is InChI=1S/C21H31F2N3O/c22-21(23)8-7-19-6-3-17-10-13-26(14-11-20(17)25-19)12-9-16-1-4-18(5-2-16)24-15-27/h3,6,15-16,18,21H,1-2,4-5,7-14H2,(H,24,27). The van der Waals surface area contributed by atoms with Gasteiger partial charge in [-0.05, 0) is 69.0 Å². The summed E-state index contributed by atoms with van der Waals surface area (Å²) < 4.78 is 24.8. The molecule has 1 aromatic rings. The normalized spacial score (nSPS) is 23.7. The van der Waals surface area contributed by atoms with E-state index in [1.807, 2.05) is 6.07 Å². The third kappa shape index (κ3) is 6.23. The van der Waals surface area contributed by atoms with Crippen molar-refractivity contribution in [2.24, 2.45) is 5.92 Å². The van der Waals surface area contributed by atoms with Gasteiger partial charge in [0.15, 0.2) is 0 Å². The number of rotatable bonds is 8. The molecule has 1 aliphatic heterocycles. The second-order valence-corrected chi connectivity index (χ2v) is 7.97. The van der Waals surface area contributed by atoms with Crippen LogP contribution in [0.2, 0.25) is 0 Å². The van der Waals surface area contributed by atoms with E-state index in [0.717, 1.165) is 69.0 Å². The number of hydrogen-bond donors (Lipinski definition) is 1. The van der Waals surface area contributed by atoms with Crippen molar-refractivity contribution in [1.82, 2.24) is 15.2 Å². The minimum absolute atomic E-state index is 0.109. The fraction of sp³-hybridized carbons (Fsp3) is 0.714. The van der Waals surface area contributed by atoms with Crippen LogP contribution in [0.3, 0.4) is 0 Å². The highest BCUT2D eigenvalue weighted by Gasteiger charge is 2.22. The first-order valence-corrected chi connectivity index (χ1v) is 10.3. The van der Waals surface area contributed by atoms with Crippen molar-refractivity contribution in [2.75, 3.05) is 19.6 Å². The van der Waals surface area contributed by atoms with Gasteiger partial charge in [0.05, 0.1) is 0 Å². The fourth-order valence-corrected chi connectivity index (χ4v) is 4.37. The van der Waals surface area contributed by atoms with Crippen LogP contribution in [-0.4, -0.2) is 48.4 Å². The van der Waals surface area contributed by atoms with Crippen molar-refractivity contribution in [3.63, 3.8) is 0 Å². The largest absolute Gasteiger partial charge is 0.356 e. The highest BCUT2D eigenvalue weighted by atomic mass is 19.3. The average molecular weight is 379 g/mol. The average Bonchev–Trinajstić information content (AvgIpc) is 2.88. The summed E-state index contributed by atoms with van der Waals surface area (Å²) in [7, 11) is 0. The minimum Gasteiger partial charge on any atom is -0.356 e. The molecule has 0 aromatic carbocycles. The number of carbonyl (C=O) groups is 1. The van der Waals surface area contributed by atoms with Crippen LogP contribution in [0, 0.1) is 5.92 Å². The molecule has 1 fully saturated rings. The number of fused-ring (bicyclic) bond motifs is 1. The van der Waals surface area contributed by atoms with Crippen LogP contribution < -0.4 is 5.32 Å². The molecule has 4 nitrogen and oxygen atoms in total. The summed E-state index contributed by atoms with van der Waals surface area (Å²) in [5.41, 5.74) is 3.17. The van der Waals surface area contributed by atoms with E-state index in [0.29, 0.717) is 12.5 Å². The number of aryl methyl sites for hydroxylation is 1. The Balaban J connectivity index is 1.44. The van der Waals surface area contributed by atoms with Crippen molar-refractivity contribution in [3.05, 3.63) is 29.1 Å². The maximum absolute atomic E-state index is 12.4. The molecule has 2 aliphatic rings. The monoisotopic (exact) mass is 379 g/mol. The number of nitrogens with zero attached hydrogens (tertiary/aromatic N) is 2. The smallest absolute Gasteiger partial charge is 0.239 e. The Labute approximate surface area is 160 Å². The highest BCUT2D eigenvalue weighted by molar-refractivity contribution is 5.46. The van der Waals surface area contributed by atoms with Crippen molar-refractivity contribution in [3.8, 4) is 0 Å². The van der Waals surface area contributed by atoms with Gasteiger partial charge in [-0.2, -0.15) is 0 Å². The lowest BCUT2D eigenvalue weighted by atomic mass is 9.84. The van der Waals surface area contributed by atoms with Gasteiger partial charge in [-0.25, -0.2) is 8.78 Å². The molecule has 27 heavy (non-hydrogen) atoms. The zero-order valence-corrected chi connectivity index (χ0v) is 16.0. The summed E-state index contributed by atoms with van der Waals surface area (Å²) in [6.45, 7) is 3.16. The zero-order chi connectivity index (χ0) is 19.1. The predicted molar refractivity (Wildman–Crippen MR) is 102 cm³/mol. The molecule has 3 rings (SSSR count). The molecule has 1 aliphatic carbocycles. The molecule has 1 saturated carbocycles. The Morgan fingerprint density at radius 3 is 2.70 bits per heavy atom. The van der Waals surface area contributed by atoms with Gasteiger partial charge in [-0.15, -0.1) is 0 Å². The van der Waals surface area contributed by atoms with Gasteiger partial charge >= 0.3 is 0 Å². The topological polar surface area (TPSA) is 45.2 Å². The van der Waals surface area contributed by atoms with Gasteiger partial charge in [-0.3, -0.25) is 9.78 Å². The number of pyridine rings is 1. The Kier molecular flexibility index (Phi) is 7.56. The van der Waals surface area contributed by atoms with Crippen LogP contribution in [-0.2, 0) is 24.1 Å². The quantitative estimate of drug-likeness (QED) is 0.705. The molecule has 1 amide bonds. The molecule has 0 radical (unpaired) electrons. The summed E-state index contributed by atoms with van der Waals surface area (Å²) in [6, 6.07) is 4.38. The number of carbonyl (C=O) groups excluding carboxylic acids is 1. The van der Waals surface area contributed by atoms with Gasteiger partial charge in [0.25, 0.3) is 0 Å². The number of alkyl halides is 2. The van der Waals surface area contributed by atoms with E-state index in [4.69, 9.17) is 0 Å². The van der Waals surface area contributed by atoms with E-state index in [9.17, 15) is 13.6 Å². The van der Waals surface area contributed by atoms with Crippen molar-refractivity contribution in [1.29, 1.82) is 0 Å².